The summed E-state index contributed by atoms with van der Waals surface area (Å²) in [5.74, 6) is -1.51. The first-order valence-corrected chi connectivity index (χ1v) is 6.12. The van der Waals surface area contributed by atoms with Gasteiger partial charge in [0.05, 0.1) is 11.3 Å². The smallest absolute Gasteiger partial charge is 0.337 e. The third-order valence-corrected chi connectivity index (χ3v) is 3.00. The van der Waals surface area contributed by atoms with Gasteiger partial charge in [-0.25, -0.2) is 9.78 Å². The molecule has 0 aliphatic carbocycles. The van der Waals surface area contributed by atoms with Crippen molar-refractivity contribution >= 4 is 28.7 Å². The number of hydrogen-bond acceptors (Lipinski definition) is 4. The number of nitrogens with one attached hydrogen (secondary N) is 1. The van der Waals surface area contributed by atoms with Gasteiger partial charge in [-0.3, -0.25) is 4.79 Å². The van der Waals surface area contributed by atoms with E-state index in [0.29, 0.717) is 16.7 Å². The minimum atomic E-state index is -1.10. The highest BCUT2D eigenvalue weighted by atomic mass is 16.4. The van der Waals surface area contributed by atoms with E-state index in [-0.39, 0.29) is 11.3 Å². The van der Waals surface area contributed by atoms with Gasteiger partial charge in [-0.05, 0) is 30.3 Å². The number of aromatic nitrogens is 1. The summed E-state index contributed by atoms with van der Waals surface area (Å²) in [5, 5.41) is 11.7. The molecule has 0 spiro atoms. The number of anilines is 1. The van der Waals surface area contributed by atoms with E-state index in [2.05, 4.69) is 10.3 Å². The SMILES string of the molecule is O=C(Nc1ccccc1C(=O)O)c1ccc2ocnc2c1. The maximum atomic E-state index is 12.2. The van der Waals surface area contributed by atoms with Crippen LogP contribution in [0.25, 0.3) is 11.1 Å². The van der Waals surface area contributed by atoms with Crippen molar-refractivity contribution in [2.75, 3.05) is 5.32 Å². The number of nitrogens with zero attached hydrogens (tertiary/aromatic N) is 1. The number of para-hydroxylation sites is 1. The average molecular weight is 282 g/mol. The second kappa shape index (κ2) is 5.09. The second-order valence-corrected chi connectivity index (χ2v) is 4.34. The van der Waals surface area contributed by atoms with E-state index in [9.17, 15) is 9.59 Å². The van der Waals surface area contributed by atoms with Gasteiger partial charge in [-0.2, -0.15) is 0 Å². The van der Waals surface area contributed by atoms with Crippen LogP contribution >= 0.6 is 0 Å². The minimum Gasteiger partial charge on any atom is -0.478 e. The van der Waals surface area contributed by atoms with Crippen LogP contribution in [0.2, 0.25) is 0 Å². The number of oxazole rings is 1. The number of amides is 1. The molecule has 21 heavy (non-hydrogen) atoms. The molecule has 1 heterocycles. The monoisotopic (exact) mass is 282 g/mol. The van der Waals surface area contributed by atoms with Crippen molar-refractivity contribution in [3.63, 3.8) is 0 Å². The first-order valence-electron chi connectivity index (χ1n) is 6.12. The third-order valence-electron chi connectivity index (χ3n) is 3.00. The fourth-order valence-electron chi connectivity index (χ4n) is 1.97. The van der Waals surface area contributed by atoms with Gasteiger partial charge in [-0.1, -0.05) is 12.1 Å². The van der Waals surface area contributed by atoms with Crippen molar-refractivity contribution in [3.05, 3.63) is 60.0 Å². The number of benzene rings is 2. The summed E-state index contributed by atoms with van der Waals surface area (Å²) in [7, 11) is 0. The molecule has 1 amide bonds. The quantitative estimate of drug-likeness (QED) is 0.770. The van der Waals surface area contributed by atoms with Crippen LogP contribution in [0.15, 0.2) is 53.3 Å². The van der Waals surface area contributed by atoms with Gasteiger partial charge in [-0.15, -0.1) is 0 Å². The Morgan fingerprint density at radius 3 is 2.76 bits per heavy atom. The van der Waals surface area contributed by atoms with Crippen LogP contribution < -0.4 is 5.32 Å². The van der Waals surface area contributed by atoms with Crippen molar-refractivity contribution < 1.29 is 19.1 Å². The van der Waals surface area contributed by atoms with Gasteiger partial charge in [0, 0.05) is 5.56 Å². The van der Waals surface area contributed by atoms with Gasteiger partial charge in [0.15, 0.2) is 12.0 Å². The fourth-order valence-corrected chi connectivity index (χ4v) is 1.97. The zero-order chi connectivity index (χ0) is 14.8. The molecule has 2 aromatic carbocycles. The number of carboxylic acids is 1. The molecule has 0 radical (unpaired) electrons. The zero-order valence-corrected chi connectivity index (χ0v) is 10.7. The first kappa shape index (κ1) is 12.9. The van der Waals surface area contributed by atoms with Crippen molar-refractivity contribution in [2.45, 2.75) is 0 Å². The van der Waals surface area contributed by atoms with E-state index in [1.54, 1.807) is 30.3 Å². The van der Waals surface area contributed by atoms with Crippen molar-refractivity contribution in [2.24, 2.45) is 0 Å². The number of aromatic carboxylic acids is 1. The predicted octanol–water partition coefficient (Wildman–Crippen LogP) is 2.78. The first-order chi connectivity index (χ1) is 10.1. The normalized spacial score (nSPS) is 10.5. The summed E-state index contributed by atoms with van der Waals surface area (Å²) in [6, 6.07) is 11.0. The molecule has 2 N–H and O–H groups in total. The third kappa shape index (κ3) is 2.46. The largest absolute Gasteiger partial charge is 0.478 e. The number of hydrogen-bond donors (Lipinski definition) is 2. The van der Waals surface area contributed by atoms with E-state index in [4.69, 9.17) is 9.52 Å². The predicted molar refractivity (Wildman–Crippen MR) is 75.4 cm³/mol. The Bertz CT molecular complexity index is 838. The lowest BCUT2D eigenvalue weighted by Gasteiger charge is -2.08. The van der Waals surface area contributed by atoms with Gasteiger partial charge < -0.3 is 14.8 Å². The lowest BCUT2D eigenvalue weighted by Crippen LogP contribution is -2.14. The Hall–Kier alpha value is -3.15. The summed E-state index contributed by atoms with van der Waals surface area (Å²) < 4.78 is 5.10. The van der Waals surface area contributed by atoms with E-state index in [1.165, 1.54) is 18.5 Å². The van der Waals surface area contributed by atoms with Gasteiger partial charge in [0.25, 0.3) is 5.91 Å². The standard InChI is InChI=1S/C15H10N2O4/c18-14(9-5-6-13-12(7-9)16-8-21-13)17-11-4-2-1-3-10(11)15(19)20/h1-8H,(H,17,18)(H,19,20). The molecule has 0 saturated carbocycles. The summed E-state index contributed by atoms with van der Waals surface area (Å²) in [4.78, 5) is 27.3. The van der Waals surface area contributed by atoms with Gasteiger partial charge >= 0.3 is 5.97 Å². The van der Waals surface area contributed by atoms with E-state index >= 15 is 0 Å². The molecule has 6 nitrogen and oxygen atoms in total. The lowest BCUT2D eigenvalue weighted by molar-refractivity contribution is 0.0698. The molecule has 6 heteroatoms. The highest BCUT2D eigenvalue weighted by Gasteiger charge is 2.13. The average Bonchev–Trinajstić information content (AvgIpc) is 2.94. The number of rotatable bonds is 3. The molecule has 0 bridgehead atoms. The summed E-state index contributed by atoms with van der Waals surface area (Å²) in [6.07, 6.45) is 1.30. The Labute approximate surface area is 119 Å². The molecular weight excluding hydrogens is 272 g/mol. The van der Waals surface area contributed by atoms with Crippen LogP contribution in [0.4, 0.5) is 5.69 Å². The molecule has 3 aromatic rings. The van der Waals surface area contributed by atoms with Crippen molar-refractivity contribution in [1.82, 2.24) is 4.98 Å². The topological polar surface area (TPSA) is 92.4 Å². The molecule has 1 aromatic heterocycles. The molecule has 0 aliphatic rings. The van der Waals surface area contributed by atoms with Crippen LogP contribution in [-0.4, -0.2) is 22.0 Å². The minimum absolute atomic E-state index is 0.0355. The molecular formula is C15H10N2O4. The Kier molecular flexibility index (Phi) is 3.12. The van der Waals surface area contributed by atoms with Crippen LogP contribution in [0.5, 0.6) is 0 Å². The van der Waals surface area contributed by atoms with Gasteiger partial charge in [0.1, 0.15) is 5.52 Å². The van der Waals surface area contributed by atoms with Crippen molar-refractivity contribution in [3.8, 4) is 0 Å². The maximum absolute atomic E-state index is 12.2. The molecule has 0 aliphatic heterocycles. The fraction of sp³-hybridized carbons (Fsp3) is 0. The van der Waals surface area contributed by atoms with E-state index in [0.717, 1.165) is 0 Å². The van der Waals surface area contributed by atoms with Crippen molar-refractivity contribution in [1.29, 1.82) is 0 Å². The number of fused-ring (bicyclic) bond motifs is 1. The Balaban J connectivity index is 1.91. The number of carbonyl (C=O) groups is 2. The van der Waals surface area contributed by atoms with Crippen LogP contribution in [0.3, 0.4) is 0 Å². The molecule has 0 fully saturated rings. The molecule has 3 rings (SSSR count). The molecule has 0 saturated heterocycles. The van der Waals surface area contributed by atoms with E-state index in [1.807, 2.05) is 0 Å². The highest BCUT2D eigenvalue weighted by Crippen LogP contribution is 2.18. The number of carbonyl (C=O) groups excluding carboxylic acids is 1. The Morgan fingerprint density at radius 1 is 1.14 bits per heavy atom. The lowest BCUT2D eigenvalue weighted by atomic mass is 10.1. The van der Waals surface area contributed by atoms with Gasteiger partial charge in [0.2, 0.25) is 0 Å². The van der Waals surface area contributed by atoms with Crippen LogP contribution in [0, 0.1) is 0 Å². The summed E-state index contributed by atoms with van der Waals surface area (Å²) >= 11 is 0. The molecule has 0 unspecified atom stereocenters. The van der Waals surface area contributed by atoms with Crippen LogP contribution in [0.1, 0.15) is 20.7 Å². The van der Waals surface area contributed by atoms with Crippen LogP contribution in [-0.2, 0) is 0 Å². The molecule has 104 valence electrons. The highest BCUT2D eigenvalue weighted by molar-refractivity contribution is 6.08. The second-order valence-electron chi connectivity index (χ2n) is 4.34. The summed E-state index contributed by atoms with van der Waals surface area (Å²) in [6.45, 7) is 0. The zero-order valence-electron chi connectivity index (χ0n) is 10.7. The Morgan fingerprint density at radius 2 is 1.95 bits per heavy atom. The number of carboxylic acid groups (broad SMARTS) is 1. The van der Waals surface area contributed by atoms with E-state index < -0.39 is 11.9 Å². The molecule has 0 atom stereocenters. The maximum Gasteiger partial charge on any atom is 0.337 e. The summed E-state index contributed by atoms with van der Waals surface area (Å²) in [5.41, 5.74) is 1.80.